The van der Waals surface area contributed by atoms with Crippen LogP contribution in [0.3, 0.4) is 0 Å². The standard InChI is InChI=1S/C25H29FN4O5S/c26-16-5-8-18(9-6-16)36(33,34)29-13-11-17-7-10-22(30(17)25(32)20(27)15-29)24(31)28-21-12-14-35-23-4-2-1-3-19(21)23/h1-6,8-9,17,20-22H,7,10-15,27H2,(H,28,31)/t17-,20+,21-,22+/m1/s1. The van der Waals surface area contributed by atoms with E-state index in [1.165, 1.54) is 16.4 Å². The number of hydrogen-bond acceptors (Lipinski definition) is 6. The van der Waals surface area contributed by atoms with Crippen LogP contribution in [-0.2, 0) is 19.6 Å². The largest absolute Gasteiger partial charge is 0.493 e. The van der Waals surface area contributed by atoms with Crippen molar-refractivity contribution >= 4 is 21.8 Å². The third kappa shape index (κ3) is 4.58. The third-order valence-corrected chi connectivity index (χ3v) is 9.09. The molecule has 11 heteroatoms. The first-order valence-electron chi connectivity index (χ1n) is 12.1. The van der Waals surface area contributed by atoms with Crippen molar-refractivity contribution in [3.8, 4) is 5.75 Å². The van der Waals surface area contributed by atoms with Crippen molar-refractivity contribution in [2.75, 3.05) is 19.7 Å². The number of carbonyl (C=O) groups excluding carboxylic acids is 2. The number of amides is 2. The Balaban J connectivity index is 1.31. The lowest BCUT2D eigenvalue weighted by Gasteiger charge is -2.37. The van der Waals surface area contributed by atoms with Crippen LogP contribution in [0.15, 0.2) is 53.4 Å². The molecule has 2 fully saturated rings. The summed E-state index contributed by atoms with van der Waals surface area (Å²) < 4.78 is 46.5. The van der Waals surface area contributed by atoms with Gasteiger partial charge < -0.3 is 20.7 Å². The summed E-state index contributed by atoms with van der Waals surface area (Å²) in [6.07, 6.45) is 2.06. The average molecular weight is 517 g/mol. The predicted octanol–water partition coefficient (Wildman–Crippen LogP) is 1.55. The molecule has 2 saturated heterocycles. The number of halogens is 1. The van der Waals surface area contributed by atoms with Crippen LogP contribution in [0.4, 0.5) is 4.39 Å². The Kier molecular flexibility index (Phi) is 6.71. The number of nitrogens with zero attached hydrogens (tertiary/aromatic N) is 2. The van der Waals surface area contributed by atoms with Gasteiger partial charge in [0.25, 0.3) is 0 Å². The second-order valence-electron chi connectivity index (χ2n) is 9.44. The number of benzene rings is 2. The van der Waals surface area contributed by atoms with Crippen LogP contribution < -0.4 is 15.8 Å². The molecule has 0 saturated carbocycles. The minimum Gasteiger partial charge on any atom is -0.493 e. The van der Waals surface area contributed by atoms with Gasteiger partial charge in [-0.1, -0.05) is 18.2 Å². The average Bonchev–Trinajstić information content (AvgIpc) is 3.29. The summed E-state index contributed by atoms with van der Waals surface area (Å²) in [5.74, 6) is -0.478. The summed E-state index contributed by atoms with van der Waals surface area (Å²) in [5, 5.41) is 3.09. The maximum Gasteiger partial charge on any atom is 0.243 e. The van der Waals surface area contributed by atoms with E-state index in [0.29, 0.717) is 32.3 Å². The molecule has 0 aliphatic carbocycles. The Morgan fingerprint density at radius 1 is 1.06 bits per heavy atom. The zero-order chi connectivity index (χ0) is 25.4. The third-order valence-electron chi connectivity index (χ3n) is 7.22. The molecule has 5 rings (SSSR count). The van der Waals surface area contributed by atoms with Crippen LogP contribution in [0.5, 0.6) is 5.75 Å². The van der Waals surface area contributed by atoms with Crippen LogP contribution in [0.1, 0.15) is 37.3 Å². The monoisotopic (exact) mass is 516 g/mol. The Labute approximate surface area is 209 Å². The fourth-order valence-electron chi connectivity index (χ4n) is 5.36. The molecule has 2 aromatic carbocycles. The molecule has 3 heterocycles. The van der Waals surface area contributed by atoms with E-state index in [2.05, 4.69) is 5.32 Å². The number of nitrogens with two attached hydrogens (primary N) is 1. The number of sulfonamides is 1. The Hall–Kier alpha value is -3.02. The smallest absolute Gasteiger partial charge is 0.243 e. The molecule has 2 aromatic rings. The summed E-state index contributed by atoms with van der Waals surface area (Å²) in [5.41, 5.74) is 7.10. The van der Waals surface area contributed by atoms with Gasteiger partial charge >= 0.3 is 0 Å². The summed E-state index contributed by atoms with van der Waals surface area (Å²) >= 11 is 0. The van der Waals surface area contributed by atoms with Crippen LogP contribution in [0.25, 0.3) is 0 Å². The molecule has 3 aliphatic heterocycles. The SMILES string of the molecule is N[C@H]1CN(S(=O)(=O)c2ccc(F)cc2)CC[C@H]2CC[C@@H](C(=O)N[C@@H]3CCOc4ccccc43)N2C1=O. The van der Waals surface area contributed by atoms with Gasteiger partial charge in [0, 0.05) is 31.1 Å². The van der Waals surface area contributed by atoms with Gasteiger partial charge in [0.1, 0.15) is 17.6 Å². The van der Waals surface area contributed by atoms with E-state index in [9.17, 15) is 22.4 Å². The van der Waals surface area contributed by atoms with Gasteiger partial charge in [-0.15, -0.1) is 0 Å². The molecule has 192 valence electrons. The highest BCUT2D eigenvalue weighted by atomic mass is 32.2. The first-order chi connectivity index (χ1) is 17.3. The Bertz CT molecular complexity index is 1260. The van der Waals surface area contributed by atoms with Crippen molar-refractivity contribution in [3.63, 3.8) is 0 Å². The summed E-state index contributed by atoms with van der Waals surface area (Å²) in [6.45, 7) is 0.411. The zero-order valence-corrected chi connectivity index (χ0v) is 20.5. The molecule has 0 bridgehead atoms. The van der Waals surface area contributed by atoms with Gasteiger partial charge in [0.2, 0.25) is 21.8 Å². The highest BCUT2D eigenvalue weighted by molar-refractivity contribution is 7.89. The summed E-state index contributed by atoms with van der Waals surface area (Å²) in [4.78, 5) is 28.2. The van der Waals surface area contributed by atoms with Gasteiger partial charge in [-0.25, -0.2) is 12.8 Å². The van der Waals surface area contributed by atoms with Crippen molar-refractivity contribution in [2.24, 2.45) is 5.73 Å². The normalized spacial score (nSPS) is 26.8. The second kappa shape index (κ2) is 9.79. The van der Waals surface area contributed by atoms with E-state index < -0.39 is 33.8 Å². The van der Waals surface area contributed by atoms with E-state index in [-0.39, 0.29) is 36.0 Å². The van der Waals surface area contributed by atoms with Gasteiger partial charge in [0.15, 0.2) is 0 Å². The van der Waals surface area contributed by atoms with E-state index in [1.807, 2.05) is 24.3 Å². The highest BCUT2D eigenvalue weighted by Crippen LogP contribution is 2.34. The minimum atomic E-state index is -3.96. The molecular weight excluding hydrogens is 487 g/mol. The lowest BCUT2D eigenvalue weighted by molar-refractivity contribution is -0.142. The highest BCUT2D eigenvalue weighted by Gasteiger charge is 2.45. The lowest BCUT2D eigenvalue weighted by Crippen LogP contribution is -2.59. The molecule has 0 spiro atoms. The van der Waals surface area contributed by atoms with Crippen LogP contribution in [0.2, 0.25) is 0 Å². The second-order valence-corrected chi connectivity index (χ2v) is 11.4. The number of carbonyl (C=O) groups is 2. The molecule has 9 nitrogen and oxygen atoms in total. The molecule has 36 heavy (non-hydrogen) atoms. The maximum absolute atomic E-state index is 13.4. The number of ether oxygens (including phenoxy) is 1. The molecule has 2 amide bonds. The quantitative estimate of drug-likeness (QED) is 0.636. The van der Waals surface area contributed by atoms with E-state index >= 15 is 0 Å². The van der Waals surface area contributed by atoms with Crippen LogP contribution in [-0.4, -0.2) is 67.3 Å². The van der Waals surface area contributed by atoms with Crippen molar-refractivity contribution in [3.05, 3.63) is 59.9 Å². The fourth-order valence-corrected chi connectivity index (χ4v) is 6.85. The molecule has 4 atom stereocenters. The number of nitrogens with one attached hydrogen (secondary N) is 1. The Morgan fingerprint density at radius 3 is 2.58 bits per heavy atom. The topological polar surface area (TPSA) is 122 Å². The number of fused-ring (bicyclic) bond motifs is 2. The molecular formula is C25H29FN4O5S. The number of rotatable bonds is 4. The minimum absolute atomic E-state index is 0.0543. The lowest BCUT2D eigenvalue weighted by atomic mass is 10.00. The first-order valence-corrected chi connectivity index (χ1v) is 13.6. The zero-order valence-electron chi connectivity index (χ0n) is 19.7. The molecule has 0 aromatic heterocycles. The van der Waals surface area contributed by atoms with E-state index in [0.717, 1.165) is 23.4 Å². The van der Waals surface area contributed by atoms with E-state index in [4.69, 9.17) is 10.5 Å². The van der Waals surface area contributed by atoms with Crippen LogP contribution >= 0.6 is 0 Å². The molecule has 3 N–H and O–H groups in total. The van der Waals surface area contributed by atoms with Crippen LogP contribution in [0, 0.1) is 5.82 Å². The van der Waals surface area contributed by atoms with Crippen molar-refractivity contribution in [1.82, 2.24) is 14.5 Å². The first kappa shape index (κ1) is 24.7. The van der Waals surface area contributed by atoms with Crippen molar-refractivity contribution in [2.45, 2.75) is 54.7 Å². The fraction of sp³-hybridized carbons (Fsp3) is 0.440. The van der Waals surface area contributed by atoms with Gasteiger partial charge in [-0.2, -0.15) is 4.31 Å². The van der Waals surface area contributed by atoms with Gasteiger partial charge in [-0.3, -0.25) is 9.59 Å². The van der Waals surface area contributed by atoms with Crippen molar-refractivity contribution in [1.29, 1.82) is 0 Å². The summed E-state index contributed by atoms with van der Waals surface area (Å²) in [7, 11) is -3.96. The number of para-hydroxylation sites is 1. The van der Waals surface area contributed by atoms with Crippen molar-refractivity contribution < 1.29 is 27.1 Å². The van der Waals surface area contributed by atoms with E-state index in [1.54, 1.807) is 4.90 Å². The molecule has 0 unspecified atom stereocenters. The Morgan fingerprint density at radius 2 is 1.81 bits per heavy atom. The molecule has 0 radical (unpaired) electrons. The van der Waals surface area contributed by atoms with Gasteiger partial charge in [0.05, 0.1) is 23.6 Å². The summed E-state index contributed by atoms with van der Waals surface area (Å²) in [6, 6.07) is 9.83. The predicted molar refractivity (Wildman–Crippen MR) is 129 cm³/mol. The number of hydrogen-bond donors (Lipinski definition) is 2. The maximum atomic E-state index is 13.4. The molecule has 3 aliphatic rings. The van der Waals surface area contributed by atoms with Gasteiger partial charge in [-0.05, 0) is 49.6 Å².